The summed E-state index contributed by atoms with van der Waals surface area (Å²) in [4.78, 5) is 23.9. The Kier molecular flexibility index (Phi) is 4.78. The highest BCUT2D eigenvalue weighted by Gasteiger charge is 2.38. The number of nitrogens with one attached hydrogen (secondary N) is 1. The maximum atomic E-state index is 13.3. The summed E-state index contributed by atoms with van der Waals surface area (Å²) in [6.07, 6.45) is 4.28. The Hall–Kier alpha value is -2.37. The number of aryl methyl sites for hydroxylation is 1. The van der Waals surface area contributed by atoms with Crippen molar-refractivity contribution in [3.63, 3.8) is 0 Å². The zero-order chi connectivity index (χ0) is 19.1. The molecule has 0 aromatic carbocycles. The average Bonchev–Trinajstić information content (AvgIpc) is 3.18. The van der Waals surface area contributed by atoms with E-state index in [1.807, 2.05) is 38.8 Å². The fraction of sp³-hybridized carbons (Fsp3) is 0.550. The lowest BCUT2D eigenvalue weighted by atomic mass is 10.0. The molecule has 26 heavy (non-hydrogen) atoms. The normalized spacial score (nSPS) is 18.6. The molecular weight excluding hydrogens is 326 g/mol. The van der Waals surface area contributed by atoms with E-state index in [9.17, 15) is 4.79 Å². The number of rotatable bonds is 5. The largest absolute Gasteiger partial charge is 0.365 e. The number of amides is 1. The Bertz CT molecular complexity index is 806. The molecule has 1 N–H and O–H groups in total. The molecule has 0 bridgehead atoms. The van der Waals surface area contributed by atoms with Crippen molar-refractivity contribution in [2.24, 2.45) is 4.99 Å². The maximum absolute atomic E-state index is 13.3. The van der Waals surface area contributed by atoms with Gasteiger partial charge in [0.1, 0.15) is 11.6 Å². The maximum Gasteiger partial charge on any atom is 0.254 e. The molecule has 1 aromatic rings. The van der Waals surface area contributed by atoms with Gasteiger partial charge in [0.05, 0.1) is 12.2 Å². The molecule has 0 unspecified atom stereocenters. The van der Waals surface area contributed by atoms with E-state index in [-0.39, 0.29) is 11.4 Å². The van der Waals surface area contributed by atoms with Gasteiger partial charge in [-0.3, -0.25) is 4.79 Å². The molecule has 1 amide bonds. The first-order valence-electron chi connectivity index (χ1n) is 9.19. The van der Waals surface area contributed by atoms with Gasteiger partial charge >= 0.3 is 0 Å². The lowest BCUT2D eigenvalue weighted by molar-refractivity contribution is -0.128. The van der Waals surface area contributed by atoms with Gasteiger partial charge in [-0.05, 0) is 54.2 Å². The third kappa shape index (κ3) is 3.59. The molecule has 0 atom stereocenters. The minimum Gasteiger partial charge on any atom is -0.365 e. The van der Waals surface area contributed by atoms with E-state index in [4.69, 9.17) is 0 Å². The van der Waals surface area contributed by atoms with Crippen molar-refractivity contribution < 1.29 is 4.79 Å². The minimum atomic E-state index is 0.0401. The van der Waals surface area contributed by atoms with E-state index in [0.29, 0.717) is 18.9 Å². The highest BCUT2D eigenvalue weighted by atomic mass is 16.2. The van der Waals surface area contributed by atoms with Gasteiger partial charge in [0.15, 0.2) is 0 Å². The third-order valence-corrected chi connectivity index (χ3v) is 5.23. The van der Waals surface area contributed by atoms with Crippen LogP contribution < -0.4 is 5.32 Å². The van der Waals surface area contributed by atoms with Gasteiger partial charge in [-0.15, -0.1) is 0 Å². The summed E-state index contributed by atoms with van der Waals surface area (Å²) in [5.74, 6) is 1.70. The molecule has 1 saturated carbocycles. The number of allylic oxidation sites excluding steroid dienone is 1. The lowest BCUT2D eigenvalue weighted by Gasteiger charge is -2.29. The summed E-state index contributed by atoms with van der Waals surface area (Å²) in [5, 5.41) is 3.46. The smallest absolute Gasteiger partial charge is 0.254 e. The molecule has 1 aliphatic heterocycles. The number of aliphatic imine (C=N–C) groups is 1. The molecule has 0 radical (unpaired) electrons. The topological polar surface area (TPSA) is 62.5 Å². The third-order valence-electron chi connectivity index (χ3n) is 5.23. The summed E-state index contributed by atoms with van der Waals surface area (Å²) < 4.78 is 2.14. The summed E-state index contributed by atoms with van der Waals surface area (Å²) >= 11 is 0. The molecule has 0 saturated heterocycles. The first-order valence-corrected chi connectivity index (χ1v) is 9.19. The number of imidazole rings is 1. The number of aromatic nitrogens is 2. The highest BCUT2D eigenvalue weighted by molar-refractivity contribution is 5.98. The monoisotopic (exact) mass is 355 g/mol. The Morgan fingerprint density at radius 2 is 2.00 bits per heavy atom. The van der Waals surface area contributed by atoms with Crippen molar-refractivity contribution >= 4 is 12.6 Å². The molecule has 6 nitrogen and oxygen atoms in total. The standard InChI is InChI=1S/C20H29N5O/c1-13(2)17(15(4)18(21-6)23-20(5)7-8-20)19(26)25-10-9-24-11-14(3)22-16(24)12-25/h11,23H,6-10,12H2,1-5H3/b18-15-. The number of hydrogen-bond acceptors (Lipinski definition) is 4. The van der Waals surface area contributed by atoms with Crippen LogP contribution in [0.15, 0.2) is 33.7 Å². The van der Waals surface area contributed by atoms with Crippen molar-refractivity contribution in [1.82, 2.24) is 19.8 Å². The predicted octanol–water partition coefficient (Wildman–Crippen LogP) is 2.94. The van der Waals surface area contributed by atoms with Gasteiger partial charge in [-0.25, -0.2) is 9.98 Å². The molecule has 2 heterocycles. The zero-order valence-electron chi connectivity index (χ0n) is 16.5. The van der Waals surface area contributed by atoms with Gasteiger partial charge in [0.25, 0.3) is 5.91 Å². The molecule has 6 heteroatoms. The molecule has 2 aliphatic rings. The van der Waals surface area contributed by atoms with Gasteiger partial charge in [-0.2, -0.15) is 0 Å². The van der Waals surface area contributed by atoms with Crippen LogP contribution in [-0.2, 0) is 17.9 Å². The molecule has 1 fully saturated rings. The first-order chi connectivity index (χ1) is 12.2. The Morgan fingerprint density at radius 1 is 1.31 bits per heavy atom. The number of carbonyl (C=O) groups is 1. The van der Waals surface area contributed by atoms with Crippen molar-refractivity contribution in [3.8, 4) is 0 Å². The first kappa shape index (κ1) is 18.4. The molecule has 1 aliphatic carbocycles. The number of fused-ring (bicyclic) bond motifs is 1. The van der Waals surface area contributed by atoms with Crippen LogP contribution in [0.2, 0.25) is 0 Å². The summed E-state index contributed by atoms with van der Waals surface area (Å²) in [5.41, 5.74) is 3.65. The number of hydrogen-bond donors (Lipinski definition) is 1. The molecule has 140 valence electrons. The number of nitrogens with zero attached hydrogens (tertiary/aromatic N) is 4. The molecule has 1 aromatic heterocycles. The van der Waals surface area contributed by atoms with Gasteiger partial charge in [0.2, 0.25) is 0 Å². The predicted molar refractivity (Wildman–Crippen MR) is 104 cm³/mol. The van der Waals surface area contributed by atoms with Crippen molar-refractivity contribution in [3.05, 3.63) is 40.3 Å². The molecular formula is C20H29N5O. The van der Waals surface area contributed by atoms with E-state index in [2.05, 4.69) is 33.5 Å². The second-order valence-electron chi connectivity index (χ2n) is 7.91. The second-order valence-corrected chi connectivity index (χ2v) is 7.91. The van der Waals surface area contributed by atoms with E-state index in [0.717, 1.165) is 47.6 Å². The molecule has 3 rings (SSSR count). The SMILES string of the molecule is C=N/C(NC1(C)CC1)=C(\C)C(C(=O)N1CCn2cc(C)nc2C1)=C(C)C. The van der Waals surface area contributed by atoms with Crippen LogP contribution >= 0.6 is 0 Å². The van der Waals surface area contributed by atoms with Crippen molar-refractivity contribution in [1.29, 1.82) is 0 Å². The van der Waals surface area contributed by atoms with E-state index >= 15 is 0 Å². The van der Waals surface area contributed by atoms with Crippen molar-refractivity contribution in [2.75, 3.05) is 6.54 Å². The van der Waals surface area contributed by atoms with Crippen molar-refractivity contribution in [2.45, 2.75) is 66.1 Å². The molecule has 0 spiro atoms. The van der Waals surface area contributed by atoms with E-state index in [1.165, 1.54) is 0 Å². The van der Waals surface area contributed by atoms with Crippen LogP contribution in [-0.4, -0.2) is 39.2 Å². The summed E-state index contributed by atoms with van der Waals surface area (Å²) in [7, 11) is 0. The summed E-state index contributed by atoms with van der Waals surface area (Å²) in [6, 6.07) is 0. The Morgan fingerprint density at radius 3 is 2.58 bits per heavy atom. The fourth-order valence-electron chi connectivity index (χ4n) is 3.44. The Balaban J connectivity index is 1.87. The minimum absolute atomic E-state index is 0.0401. The Labute approximate surface area is 155 Å². The van der Waals surface area contributed by atoms with E-state index in [1.54, 1.807) is 0 Å². The van der Waals surface area contributed by atoms with Crippen LogP contribution in [0.1, 0.15) is 52.1 Å². The van der Waals surface area contributed by atoms with Crippen LogP contribution in [0.3, 0.4) is 0 Å². The highest BCUT2D eigenvalue weighted by Crippen LogP contribution is 2.36. The second kappa shape index (κ2) is 6.74. The van der Waals surface area contributed by atoms with Crippen LogP contribution in [0, 0.1) is 6.92 Å². The number of carbonyl (C=O) groups excluding carboxylic acids is 1. The van der Waals surface area contributed by atoms with Crippen LogP contribution in [0.4, 0.5) is 0 Å². The summed E-state index contributed by atoms with van der Waals surface area (Å²) in [6.45, 7) is 15.8. The van der Waals surface area contributed by atoms with Gasteiger partial charge in [-0.1, -0.05) is 5.57 Å². The van der Waals surface area contributed by atoms with Gasteiger partial charge < -0.3 is 14.8 Å². The van der Waals surface area contributed by atoms with Gasteiger partial charge in [0, 0.05) is 36.0 Å². The van der Waals surface area contributed by atoms with E-state index < -0.39 is 0 Å². The lowest BCUT2D eigenvalue weighted by Crippen LogP contribution is -2.40. The fourth-order valence-corrected chi connectivity index (χ4v) is 3.44. The average molecular weight is 355 g/mol. The zero-order valence-corrected chi connectivity index (χ0v) is 16.5. The quantitative estimate of drug-likeness (QED) is 0.502. The van der Waals surface area contributed by atoms with Crippen LogP contribution in [0.5, 0.6) is 0 Å². The van der Waals surface area contributed by atoms with Crippen LogP contribution in [0.25, 0.3) is 0 Å².